The lowest BCUT2D eigenvalue weighted by atomic mass is 9.96. The summed E-state index contributed by atoms with van der Waals surface area (Å²) in [5, 5.41) is 3.54. The minimum absolute atomic E-state index is 0.140. The molecule has 1 atom stereocenters. The Morgan fingerprint density at radius 1 is 1.00 bits per heavy atom. The van der Waals surface area contributed by atoms with Crippen molar-refractivity contribution >= 4 is 0 Å². The van der Waals surface area contributed by atoms with Crippen molar-refractivity contribution in [2.45, 2.75) is 33.7 Å². The van der Waals surface area contributed by atoms with E-state index in [-0.39, 0.29) is 6.04 Å². The molecule has 1 N–H and O–H groups in total. The largest absolute Gasteiger partial charge is 0.492 e. The zero-order valence-electron chi connectivity index (χ0n) is 13.3. The number of ether oxygens (including phenoxy) is 1. The summed E-state index contributed by atoms with van der Waals surface area (Å²) in [4.78, 5) is 4.31. The van der Waals surface area contributed by atoms with E-state index in [9.17, 15) is 0 Å². The van der Waals surface area contributed by atoms with E-state index in [1.807, 2.05) is 13.1 Å². The fraction of sp³-hybridized carbons (Fsp3) is 0.389. The average Bonchev–Trinajstić information content (AvgIpc) is 2.44. The van der Waals surface area contributed by atoms with Crippen molar-refractivity contribution in [1.82, 2.24) is 10.3 Å². The predicted molar refractivity (Wildman–Crippen MR) is 86.8 cm³/mol. The summed E-state index contributed by atoms with van der Waals surface area (Å²) in [6.07, 6.45) is 3.67. The normalized spacial score (nSPS) is 12.2. The van der Waals surface area contributed by atoms with Crippen LogP contribution in [0, 0.1) is 13.8 Å². The lowest BCUT2D eigenvalue weighted by Crippen LogP contribution is -2.22. The Labute approximate surface area is 127 Å². The highest BCUT2D eigenvalue weighted by molar-refractivity contribution is 5.38. The van der Waals surface area contributed by atoms with Gasteiger partial charge in [-0.1, -0.05) is 36.2 Å². The highest BCUT2D eigenvalue weighted by Gasteiger charge is 2.15. The summed E-state index contributed by atoms with van der Waals surface area (Å²) in [5.74, 6) is 0.822. The first-order valence-electron chi connectivity index (χ1n) is 7.53. The second kappa shape index (κ2) is 7.23. The van der Waals surface area contributed by atoms with Crippen molar-refractivity contribution in [3.63, 3.8) is 0 Å². The van der Waals surface area contributed by atoms with E-state index in [2.05, 4.69) is 55.3 Å². The summed E-state index contributed by atoms with van der Waals surface area (Å²) >= 11 is 0. The van der Waals surface area contributed by atoms with Gasteiger partial charge in [-0.3, -0.25) is 4.98 Å². The third kappa shape index (κ3) is 4.05. The van der Waals surface area contributed by atoms with Crippen LogP contribution >= 0.6 is 0 Å². The maximum absolute atomic E-state index is 5.57. The van der Waals surface area contributed by atoms with Crippen molar-refractivity contribution in [3.8, 4) is 5.75 Å². The number of hydrogen-bond donors (Lipinski definition) is 1. The first-order valence-corrected chi connectivity index (χ1v) is 7.53. The Balaban J connectivity index is 2.40. The standard InChI is InChI=1S/C18H24N2O/c1-5-20-18(15-8-13(3)7-14(4)9-15)16-10-17(21-6-2)12-19-11-16/h7-12,18,20H,5-6H2,1-4H3. The Morgan fingerprint density at radius 3 is 2.33 bits per heavy atom. The van der Waals surface area contributed by atoms with Gasteiger partial charge in [0.15, 0.2) is 0 Å². The highest BCUT2D eigenvalue weighted by Crippen LogP contribution is 2.26. The lowest BCUT2D eigenvalue weighted by molar-refractivity contribution is 0.338. The quantitative estimate of drug-likeness (QED) is 0.876. The zero-order valence-corrected chi connectivity index (χ0v) is 13.3. The van der Waals surface area contributed by atoms with Crippen LogP contribution in [-0.4, -0.2) is 18.1 Å². The second-order valence-corrected chi connectivity index (χ2v) is 5.30. The summed E-state index contributed by atoms with van der Waals surface area (Å²) in [6, 6.07) is 8.87. The molecule has 1 aromatic heterocycles. The molecule has 0 saturated heterocycles. The molecular weight excluding hydrogens is 260 g/mol. The fourth-order valence-corrected chi connectivity index (χ4v) is 2.65. The lowest BCUT2D eigenvalue weighted by Gasteiger charge is -2.20. The highest BCUT2D eigenvalue weighted by atomic mass is 16.5. The maximum Gasteiger partial charge on any atom is 0.137 e. The van der Waals surface area contributed by atoms with Gasteiger partial charge in [-0.2, -0.15) is 0 Å². The van der Waals surface area contributed by atoms with Crippen molar-refractivity contribution < 1.29 is 4.74 Å². The number of aromatic nitrogens is 1. The Bertz CT molecular complexity index is 575. The van der Waals surface area contributed by atoms with Gasteiger partial charge in [0.25, 0.3) is 0 Å². The molecule has 0 spiro atoms. The molecule has 0 aliphatic rings. The minimum Gasteiger partial charge on any atom is -0.492 e. The SMILES string of the molecule is CCNC(c1cc(C)cc(C)c1)c1cncc(OCC)c1. The summed E-state index contributed by atoms with van der Waals surface area (Å²) in [6.45, 7) is 9.92. The smallest absolute Gasteiger partial charge is 0.137 e. The molecule has 3 nitrogen and oxygen atoms in total. The van der Waals surface area contributed by atoms with E-state index in [0.717, 1.165) is 17.9 Å². The van der Waals surface area contributed by atoms with Crippen LogP contribution in [0.5, 0.6) is 5.75 Å². The van der Waals surface area contributed by atoms with Crippen LogP contribution in [0.4, 0.5) is 0 Å². The first-order chi connectivity index (χ1) is 10.1. The molecule has 1 aromatic carbocycles. The Morgan fingerprint density at radius 2 is 1.71 bits per heavy atom. The van der Waals surface area contributed by atoms with Crippen LogP contribution in [0.3, 0.4) is 0 Å². The second-order valence-electron chi connectivity index (χ2n) is 5.30. The summed E-state index contributed by atoms with van der Waals surface area (Å²) in [7, 11) is 0. The third-order valence-electron chi connectivity index (χ3n) is 3.36. The molecule has 0 fully saturated rings. The Kier molecular flexibility index (Phi) is 5.34. The molecule has 0 aliphatic carbocycles. The van der Waals surface area contributed by atoms with Crippen LogP contribution in [-0.2, 0) is 0 Å². The molecule has 0 bridgehead atoms. The number of rotatable bonds is 6. The number of benzene rings is 1. The fourth-order valence-electron chi connectivity index (χ4n) is 2.65. The van der Waals surface area contributed by atoms with Gasteiger partial charge in [0.1, 0.15) is 5.75 Å². The first kappa shape index (κ1) is 15.5. The van der Waals surface area contributed by atoms with Crippen molar-refractivity contribution in [3.05, 3.63) is 58.9 Å². The topological polar surface area (TPSA) is 34.2 Å². The molecule has 0 radical (unpaired) electrons. The van der Waals surface area contributed by atoms with Gasteiger partial charge in [-0.05, 0) is 44.5 Å². The maximum atomic E-state index is 5.57. The molecule has 3 heteroatoms. The van der Waals surface area contributed by atoms with Gasteiger partial charge in [0.05, 0.1) is 18.8 Å². The van der Waals surface area contributed by atoms with E-state index in [1.54, 1.807) is 6.20 Å². The monoisotopic (exact) mass is 284 g/mol. The average molecular weight is 284 g/mol. The summed E-state index contributed by atoms with van der Waals surface area (Å²) in [5.41, 5.74) is 4.96. The molecule has 21 heavy (non-hydrogen) atoms. The van der Waals surface area contributed by atoms with Crippen LogP contribution in [0.15, 0.2) is 36.7 Å². The molecule has 112 valence electrons. The molecule has 2 aromatic rings. The molecule has 0 saturated carbocycles. The van der Waals surface area contributed by atoms with E-state index < -0.39 is 0 Å². The van der Waals surface area contributed by atoms with E-state index >= 15 is 0 Å². The van der Waals surface area contributed by atoms with E-state index in [0.29, 0.717) is 6.61 Å². The minimum atomic E-state index is 0.140. The molecule has 2 rings (SSSR count). The van der Waals surface area contributed by atoms with Gasteiger partial charge in [0.2, 0.25) is 0 Å². The number of nitrogens with zero attached hydrogens (tertiary/aromatic N) is 1. The van der Waals surface area contributed by atoms with Crippen molar-refractivity contribution in [2.24, 2.45) is 0 Å². The zero-order chi connectivity index (χ0) is 15.2. The predicted octanol–water partition coefficient (Wildman–Crippen LogP) is 3.80. The van der Waals surface area contributed by atoms with Crippen molar-refractivity contribution in [2.75, 3.05) is 13.2 Å². The summed E-state index contributed by atoms with van der Waals surface area (Å²) < 4.78 is 5.57. The molecule has 0 aliphatic heterocycles. The molecular formula is C18H24N2O. The van der Waals surface area contributed by atoms with Crippen LogP contribution in [0.1, 0.15) is 42.1 Å². The Hall–Kier alpha value is -1.87. The van der Waals surface area contributed by atoms with Gasteiger partial charge in [-0.15, -0.1) is 0 Å². The third-order valence-corrected chi connectivity index (χ3v) is 3.36. The van der Waals surface area contributed by atoms with Gasteiger partial charge in [-0.25, -0.2) is 0 Å². The molecule has 0 amide bonds. The van der Waals surface area contributed by atoms with Gasteiger partial charge < -0.3 is 10.1 Å². The number of hydrogen-bond acceptors (Lipinski definition) is 3. The number of pyridine rings is 1. The van der Waals surface area contributed by atoms with Crippen LogP contribution < -0.4 is 10.1 Å². The molecule has 1 unspecified atom stereocenters. The van der Waals surface area contributed by atoms with Gasteiger partial charge >= 0.3 is 0 Å². The van der Waals surface area contributed by atoms with Gasteiger partial charge in [0, 0.05) is 6.20 Å². The number of nitrogens with one attached hydrogen (secondary N) is 1. The van der Waals surface area contributed by atoms with E-state index in [4.69, 9.17) is 4.74 Å². The molecule has 1 heterocycles. The van der Waals surface area contributed by atoms with E-state index in [1.165, 1.54) is 16.7 Å². The van der Waals surface area contributed by atoms with Crippen LogP contribution in [0.25, 0.3) is 0 Å². The van der Waals surface area contributed by atoms with Crippen LogP contribution in [0.2, 0.25) is 0 Å². The van der Waals surface area contributed by atoms with Crippen molar-refractivity contribution in [1.29, 1.82) is 0 Å². The number of aryl methyl sites for hydroxylation is 2.